The highest BCUT2D eigenvalue weighted by Gasteiger charge is 1.95. The first-order valence-electron chi connectivity index (χ1n) is 3.64. The number of esters is 1. The van der Waals surface area contributed by atoms with Gasteiger partial charge < -0.3 is 10.1 Å². The van der Waals surface area contributed by atoms with E-state index in [2.05, 4.69) is 5.32 Å². The highest BCUT2D eigenvalue weighted by Crippen LogP contribution is 1.85. The maximum atomic E-state index is 10.5. The predicted molar refractivity (Wildman–Crippen MR) is 39.9 cm³/mol. The molecule has 64 valence electrons. The van der Waals surface area contributed by atoms with Crippen molar-refractivity contribution in [3.63, 3.8) is 0 Å². The van der Waals surface area contributed by atoms with Gasteiger partial charge in [-0.05, 0) is 6.42 Å². The Labute approximate surface area is 65.9 Å². The van der Waals surface area contributed by atoms with E-state index in [0.29, 0.717) is 32.4 Å². The molecule has 0 spiro atoms. The summed E-state index contributed by atoms with van der Waals surface area (Å²) in [5.74, 6) is -0.198. The number of nitrogens with one attached hydrogen (secondary N) is 1. The Morgan fingerprint density at radius 3 is 2.91 bits per heavy atom. The first kappa shape index (κ1) is 9.94. The lowest BCUT2D eigenvalue weighted by Gasteiger charge is -2.01. The molecule has 0 saturated carbocycles. The Morgan fingerprint density at radius 1 is 1.64 bits per heavy atom. The molecule has 4 nitrogen and oxygen atoms in total. The topological polar surface area (TPSA) is 55.4 Å². The van der Waals surface area contributed by atoms with Crippen molar-refractivity contribution >= 4 is 12.4 Å². The van der Waals surface area contributed by atoms with Crippen LogP contribution in [0.4, 0.5) is 0 Å². The second-order valence-electron chi connectivity index (χ2n) is 2.00. The standard InChI is InChI=1S/C7H13NO3/c1-2-7(10)11-5-3-4-8-6-9/h6H,2-5H2,1H3,(H,8,9). The number of rotatable bonds is 6. The second kappa shape index (κ2) is 7.05. The Morgan fingerprint density at radius 2 is 2.36 bits per heavy atom. The molecular formula is C7H13NO3. The van der Waals surface area contributed by atoms with Crippen LogP contribution in [0, 0.1) is 0 Å². The minimum Gasteiger partial charge on any atom is -0.466 e. The molecule has 0 saturated heterocycles. The van der Waals surface area contributed by atoms with E-state index in [9.17, 15) is 9.59 Å². The van der Waals surface area contributed by atoms with E-state index in [0.717, 1.165) is 0 Å². The molecular weight excluding hydrogens is 146 g/mol. The fraction of sp³-hybridized carbons (Fsp3) is 0.714. The summed E-state index contributed by atoms with van der Waals surface area (Å²) in [7, 11) is 0. The quantitative estimate of drug-likeness (QED) is 0.339. The van der Waals surface area contributed by atoms with E-state index >= 15 is 0 Å². The summed E-state index contributed by atoms with van der Waals surface area (Å²) in [5.41, 5.74) is 0. The SMILES string of the molecule is CCC(=O)OCCCNC=O. The van der Waals surface area contributed by atoms with Crippen LogP contribution >= 0.6 is 0 Å². The molecule has 0 aliphatic carbocycles. The molecule has 0 atom stereocenters. The maximum Gasteiger partial charge on any atom is 0.305 e. The van der Waals surface area contributed by atoms with E-state index in [-0.39, 0.29) is 5.97 Å². The van der Waals surface area contributed by atoms with Crippen LogP contribution in [0.1, 0.15) is 19.8 Å². The molecule has 0 fully saturated rings. The summed E-state index contributed by atoms with van der Waals surface area (Å²) in [6, 6.07) is 0. The van der Waals surface area contributed by atoms with E-state index in [1.54, 1.807) is 6.92 Å². The zero-order chi connectivity index (χ0) is 8.53. The van der Waals surface area contributed by atoms with E-state index < -0.39 is 0 Å². The summed E-state index contributed by atoms with van der Waals surface area (Å²) in [5, 5.41) is 2.47. The minimum absolute atomic E-state index is 0.198. The van der Waals surface area contributed by atoms with E-state index in [1.807, 2.05) is 0 Å². The van der Waals surface area contributed by atoms with Crippen molar-refractivity contribution in [1.82, 2.24) is 5.32 Å². The zero-order valence-corrected chi connectivity index (χ0v) is 6.63. The van der Waals surface area contributed by atoms with Gasteiger partial charge in [0, 0.05) is 13.0 Å². The van der Waals surface area contributed by atoms with Crippen LogP contribution in [0.25, 0.3) is 0 Å². The highest BCUT2D eigenvalue weighted by molar-refractivity contribution is 5.68. The third kappa shape index (κ3) is 6.83. The smallest absolute Gasteiger partial charge is 0.305 e. The number of carbonyl (C=O) groups excluding carboxylic acids is 2. The van der Waals surface area contributed by atoms with Gasteiger partial charge in [-0.25, -0.2) is 0 Å². The summed E-state index contributed by atoms with van der Waals surface area (Å²) >= 11 is 0. The average Bonchev–Trinajstić information content (AvgIpc) is 2.04. The molecule has 0 rings (SSSR count). The fourth-order valence-electron chi connectivity index (χ4n) is 0.521. The van der Waals surface area contributed by atoms with Crippen molar-refractivity contribution in [1.29, 1.82) is 0 Å². The first-order valence-corrected chi connectivity index (χ1v) is 3.64. The van der Waals surface area contributed by atoms with Gasteiger partial charge in [0.25, 0.3) is 0 Å². The fourth-order valence-corrected chi connectivity index (χ4v) is 0.521. The van der Waals surface area contributed by atoms with Crippen LogP contribution in [0.5, 0.6) is 0 Å². The Balaban J connectivity index is 3.01. The number of amides is 1. The largest absolute Gasteiger partial charge is 0.466 e. The first-order chi connectivity index (χ1) is 5.31. The number of ether oxygens (including phenoxy) is 1. The molecule has 0 aromatic rings. The lowest BCUT2D eigenvalue weighted by atomic mass is 10.4. The predicted octanol–water partition coefficient (Wildman–Crippen LogP) is 0.0757. The molecule has 4 heteroatoms. The van der Waals surface area contributed by atoms with Gasteiger partial charge in [-0.3, -0.25) is 9.59 Å². The summed E-state index contributed by atoms with van der Waals surface area (Å²) in [6.45, 7) is 2.68. The van der Waals surface area contributed by atoms with Crippen LogP contribution in [0.3, 0.4) is 0 Å². The van der Waals surface area contributed by atoms with Crippen LogP contribution < -0.4 is 5.32 Å². The molecule has 1 amide bonds. The lowest BCUT2D eigenvalue weighted by molar-refractivity contribution is -0.143. The maximum absolute atomic E-state index is 10.5. The normalized spacial score (nSPS) is 8.82. The average molecular weight is 159 g/mol. The van der Waals surface area contributed by atoms with Crippen molar-refractivity contribution in [3.05, 3.63) is 0 Å². The molecule has 0 aliphatic rings. The third-order valence-corrected chi connectivity index (χ3v) is 1.10. The van der Waals surface area contributed by atoms with Crippen molar-refractivity contribution in [3.8, 4) is 0 Å². The molecule has 0 radical (unpaired) electrons. The Hall–Kier alpha value is -1.06. The zero-order valence-electron chi connectivity index (χ0n) is 6.63. The summed E-state index contributed by atoms with van der Waals surface area (Å²) in [4.78, 5) is 20.3. The number of hydrogen-bond acceptors (Lipinski definition) is 3. The van der Waals surface area contributed by atoms with Gasteiger partial charge in [0.15, 0.2) is 0 Å². The molecule has 1 N–H and O–H groups in total. The van der Waals surface area contributed by atoms with Crippen molar-refractivity contribution in [2.24, 2.45) is 0 Å². The van der Waals surface area contributed by atoms with Gasteiger partial charge in [-0.2, -0.15) is 0 Å². The molecule has 0 aromatic carbocycles. The molecule has 0 aliphatic heterocycles. The van der Waals surface area contributed by atoms with Gasteiger partial charge >= 0.3 is 5.97 Å². The van der Waals surface area contributed by atoms with Gasteiger partial charge in [-0.15, -0.1) is 0 Å². The second-order valence-corrected chi connectivity index (χ2v) is 2.00. The minimum atomic E-state index is -0.198. The lowest BCUT2D eigenvalue weighted by Crippen LogP contribution is -2.15. The van der Waals surface area contributed by atoms with Crippen molar-refractivity contribution in [2.75, 3.05) is 13.2 Å². The van der Waals surface area contributed by atoms with E-state index in [4.69, 9.17) is 4.74 Å². The van der Waals surface area contributed by atoms with Crippen LogP contribution in [-0.4, -0.2) is 25.5 Å². The number of carbonyl (C=O) groups is 2. The molecule has 0 aromatic heterocycles. The van der Waals surface area contributed by atoms with Gasteiger partial charge in [0.1, 0.15) is 0 Å². The Kier molecular flexibility index (Phi) is 6.37. The molecule has 0 heterocycles. The Bertz CT molecular complexity index is 125. The van der Waals surface area contributed by atoms with Crippen molar-refractivity contribution < 1.29 is 14.3 Å². The monoisotopic (exact) mass is 159 g/mol. The molecule has 0 bridgehead atoms. The molecule has 0 unspecified atom stereocenters. The van der Waals surface area contributed by atoms with Crippen molar-refractivity contribution in [2.45, 2.75) is 19.8 Å². The summed E-state index contributed by atoms with van der Waals surface area (Å²) in [6.07, 6.45) is 1.70. The molecule has 11 heavy (non-hydrogen) atoms. The van der Waals surface area contributed by atoms with Gasteiger partial charge in [-0.1, -0.05) is 6.92 Å². The third-order valence-electron chi connectivity index (χ3n) is 1.10. The van der Waals surface area contributed by atoms with Gasteiger partial charge in [0.2, 0.25) is 6.41 Å². The highest BCUT2D eigenvalue weighted by atomic mass is 16.5. The van der Waals surface area contributed by atoms with Crippen LogP contribution in [0.2, 0.25) is 0 Å². The van der Waals surface area contributed by atoms with Gasteiger partial charge in [0.05, 0.1) is 6.61 Å². The number of hydrogen-bond donors (Lipinski definition) is 1. The van der Waals surface area contributed by atoms with E-state index in [1.165, 1.54) is 0 Å². The summed E-state index contributed by atoms with van der Waals surface area (Å²) < 4.78 is 4.74. The van der Waals surface area contributed by atoms with Crippen LogP contribution in [0.15, 0.2) is 0 Å². The van der Waals surface area contributed by atoms with Crippen LogP contribution in [-0.2, 0) is 14.3 Å².